The number of hydrogen-bond donors (Lipinski definition) is 1. The van der Waals surface area contributed by atoms with Crippen LogP contribution in [0.2, 0.25) is 0 Å². The molecule has 1 aromatic heterocycles. The van der Waals surface area contributed by atoms with Crippen molar-refractivity contribution in [2.24, 2.45) is 5.92 Å². The number of nitrogens with one attached hydrogen (secondary N) is 1. The second-order valence-corrected chi connectivity index (χ2v) is 8.77. The molecule has 2 amide bonds. The van der Waals surface area contributed by atoms with Crippen molar-refractivity contribution in [3.05, 3.63) is 47.7 Å². The molecule has 31 heavy (non-hydrogen) atoms. The molecule has 6 heteroatoms. The van der Waals surface area contributed by atoms with E-state index >= 15 is 0 Å². The lowest BCUT2D eigenvalue weighted by atomic mass is 9.86. The molecule has 0 saturated heterocycles. The number of benzene rings is 1. The summed E-state index contributed by atoms with van der Waals surface area (Å²) in [5, 5.41) is 3.00. The number of halogens is 1. The van der Waals surface area contributed by atoms with E-state index in [-0.39, 0.29) is 24.6 Å². The van der Waals surface area contributed by atoms with Crippen molar-refractivity contribution >= 4 is 17.4 Å². The van der Waals surface area contributed by atoms with Crippen molar-refractivity contribution in [1.82, 2.24) is 4.98 Å². The molecule has 168 valence electrons. The predicted octanol–water partition coefficient (Wildman–Crippen LogP) is 6.48. The first-order valence-electron chi connectivity index (χ1n) is 11.3. The topological polar surface area (TPSA) is 54.5 Å². The standard InChI is InChI=1S/C25H34FN3O2/c1-17(2)21-7-5-6-8-23(21)29(20-12-9-18(3)10-13-20)25(30)28-22-14-11-19(4)27-24(22)31-16-15-26/h5-8,11,14,17-18,20H,9-10,12-13,15-16H2,1-4H3,(H,28,30). The molecule has 1 aromatic carbocycles. The summed E-state index contributed by atoms with van der Waals surface area (Å²) in [7, 11) is 0. The quantitative estimate of drug-likeness (QED) is 0.550. The van der Waals surface area contributed by atoms with Gasteiger partial charge >= 0.3 is 6.03 Å². The van der Waals surface area contributed by atoms with E-state index in [1.54, 1.807) is 6.07 Å². The SMILES string of the molecule is Cc1ccc(NC(=O)N(c2ccccc2C(C)C)C2CCC(C)CC2)c(OCCF)n1. The molecule has 2 aromatic rings. The van der Waals surface area contributed by atoms with Gasteiger partial charge in [-0.2, -0.15) is 0 Å². The minimum Gasteiger partial charge on any atom is -0.473 e. The van der Waals surface area contributed by atoms with E-state index in [1.807, 2.05) is 36.1 Å². The number of carbonyl (C=O) groups is 1. The van der Waals surface area contributed by atoms with Crippen molar-refractivity contribution in [3.8, 4) is 5.88 Å². The second kappa shape index (κ2) is 10.6. The minimum atomic E-state index is -0.614. The average molecular weight is 428 g/mol. The van der Waals surface area contributed by atoms with Gasteiger partial charge in [-0.05, 0) is 68.2 Å². The number of hydrogen-bond acceptors (Lipinski definition) is 3. The highest BCUT2D eigenvalue weighted by molar-refractivity contribution is 6.03. The summed E-state index contributed by atoms with van der Waals surface area (Å²) >= 11 is 0. The fourth-order valence-corrected chi connectivity index (χ4v) is 4.22. The third-order valence-electron chi connectivity index (χ3n) is 5.94. The van der Waals surface area contributed by atoms with E-state index in [1.165, 1.54) is 0 Å². The zero-order valence-corrected chi connectivity index (χ0v) is 19.0. The predicted molar refractivity (Wildman–Crippen MR) is 124 cm³/mol. The van der Waals surface area contributed by atoms with Crippen molar-refractivity contribution < 1.29 is 13.9 Å². The maximum atomic E-state index is 13.6. The highest BCUT2D eigenvalue weighted by atomic mass is 19.1. The Morgan fingerprint density at radius 3 is 2.58 bits per heavy atom. The number of carbonyl (C=O) groups excluding carboxylic acids is 1. The Morgan fingerprint density at radius 1 is 1.19 bits per heavy atom. The fraction of sp³-hybridized carbons (Fsp3) is 0.520. The van der Waals surface area contributed by atoms with Crippen LogP contribution in [0.1, 0.15) is 63.6 Å². The number of ether oxygens (including phenoxy) is 1. The molecular formula is C25H34FN3O2. The largest absolute Gasteiger partial charge is 0.473 e. The lowest BCUT2D eigenvalue weighted by Gasteiger charge is -2.37. The molecule has 1 saturated carbocycles. The Hall–Kier alpha value is -2.63. The van der Waals surface area contributed by atoms with Crippen LogP contribution in [-0.2, 0) is 0 Å². The Morgan fingerprint density at radius 2 is 1.90 bits per heavy atom. The zero-order chi connectivity index (χ0) is 22.4. The highest BCUT2D eigenvalue weighted by Crippen LogP contribution is 2.35. The molecule has 5 nitrogen and oxygen atoms in total. The second-order valence-electron chi connectivity index (χ2n) is 8.77. The lowest BCUT2D eigenvalue weighted by molar-refractivity contribution is 0.248. The summed E-state index contributed by atoms with van der Waals surface area (Å²) < 4.78 is 18.1. The first kappa shape index (κ1) is 23.0. The number of pyridine rings is 1. The fourth-order valence-electron chi connectivity index (χ4n) is 4.22. The number of alkyl halides is 1. The van der Waals surface area contributed by atoms with Gasteiger partial charge in [0.05, 0.1) is 0 Å². The summed E-state index contributed by atoms with van der Waals surface area (Å²) in [4.78, 5) is 19.9. The number of aryl methyl sites for hydroxylation is 1. The Labute approximate surface area is 185 Å². The van der Waals surface area contributed by atoms with Crippen molar-refractivity contribution in [2.75, 3.05) is 23.5 Å². The molecule has 0 radical (unpaired) electrons. The van der Waals surface area contributed by atoms with Gasteiger partial charge in [-0.25, -0.2) is 14.2 Å². The average Bonchev–Trinajstić information content (AvgIpc) is 2.75. The van der Waals surface area contributed by atoms with E-state index in [0.717, 1.165) is 42.6 Å². The van der Waals surface area contributed by atoms with E-state index < -0.39 is 6.67 Å². The minimum absolute atomic E-state index is 0.0975. The zero-order valence-electron chi connectivity index (χ0n) is 19.0. The van der Waals surface area contributed by atoms with Gasteiger partial charge in [0.2, 0.25) is 5.88 Å². The van der Waals surface area contributed by atoms with Crippen LogP contribution in [0.3, 0.4) is 0 Å². The first-order chi connectivity index (χ1) is 14.9. The van der Waals surface area contributed by atoms with Gasteiger partial charge in [0.1, 0.15) is 19.0 Å². The van der Waals surface area contributed by atoms with Crippen molar-refractivity contribution in [1.29, 1.82) is 0 Å². The van der Waals surface area contributed by atoms with Crippen LogP contribution >= 0.6 is 0 Å². The molecule has 1 aliphatic rings. The molecular weight excluding hydrogens is 393 g/mol. The molecule has 1 heterocycles. The van der Waals surface area contributed by atoms with Gasteiger partial charge in [-0.3, -0.25) is 4.90 Å². The van der Waals surface area contributed by atoms with Crippen LogP contribution in [0.5, 0.6) is 5.88 Å². The maximum Gasteiger partial charge on any atom is 0.326 e. The smallest absolute Gasteiger partial charge is 0.326 e. The van der Waals surface area contributed by atoms with E-state index in [9.17, 15) is 9.18 Å². The summed E-state index contributed by atoms with van der Waals surface area (Å²) in [5.41, 5.74) is 3.29. The van der Waals surface area contributed by atoms with Crippen LogP contribution < -0.4 is 15.0 Å². The van der Waals surface area contributed by atoms with Gasteiger partial charge < -0.3 is 10.1 Å². The monoisotopic (exact) mass is 427 g/mol. The summed E-state index contributed by atoms with van der Waals surface area (Å²) in [6.07, 6.45) is 4.15. The molecule has 0 unspecified atom stereocenters. The van der Waals surface area contributed by atoms with Gasteiger partial charge in [0.15, 0.2) is 0 Å². The van der Waals surface area contributed by atoms with Gasteiger partial charge in [-0.15, -0.1) is 0 Å². The number of rotatable bonds is 7. The number of para-hydroxylation sites is 1. The molecule has 1 fully saturated rings. The Balaban J connectivity index is 1.94. The summed E-state index contributed by atoms with van der Waals surface area (Å²) in [6, 6.07) is 11.6. The normalized spacial score (nSPS) is 18.6. The van der Waals surface area contributed by atoms with Crippen LogP contribution in [0.15, 0.2) is 36.4 Å². The van der Waals surface area contributed by atoms with Crippen LogP contribution in [0, 0.1) is 12.8 Å². The molecule has 0 atom stereocenters. The van der Waals surface area contributed by atoms with E-state index in [4.69, 9.17) is 4.74 Å². The van der Waals surface area contributed by atoms with Crippen LogP contribution in [-0.4, -0.2) is 30.3 Å². The van der Waals surface area contributed by atoms with Gasteiger partial charge in [0, 0.05) is 17.4 Å². The Kier molecular flexibility index (Phi) is 7.88. The molecule has 3 rings (SSSR count). The number of anilines is 2. The number of aromatic nitrogens is 1. The number of urea groups is 1. The van der Waals surface area contributed by atoms with Crippen LogP contribution in [0.25, 0.3) is 0 Å². The first-order valence-corrected chi connectivity index (χ1v) is 11.3. The molecule has 0 bridgehead atoms. The van der Waals surface area contributed by atoms with Crippen molar-refractivity contribution in [2.45, 2.75) is 65.3 Å². The molecule has 0 spiro atoms. The van der Waals surface area contributed by atoms with Crippen molar-refractivity contribution in [3.63, 3.8) is 0 Å². The highest BCUT2D eigenvalue weighted by Gasteiger charge is 2.31. The third kappa shape index (κ3) is 5.75. The van der Waals surface area contributed by atoms with Gasteiger partial charge in [-0.1, -0.05) is 39.0 Å². The van der Waals surface area contributed by atoms with Gasteiger partial charge in [0.25, 0.3) is 0 Å². The van der Waals surface area contributed by atoms with E-state index in [0.29, 0.717) is 17.5 Å². The summed E-state index contributed by atoms with van der Waals surface area (Å²) in [5.74, 6) is 1.22. The molecule has 1 aliphatic carbocycles. The lowest BCUT2D eigenvalue weighted by Crippen LogP contribution is -2.45. The Bertz CT molecular complexity index is 879. The summed E-state index contributed by atoms with van der Waals surface area (Å²) in [6.45, 7) is 7.68. The molecule has 1 N–H and O–H groups in total. The van der Waals surface area contributed by atoms with E-state index in [2.05, 4.69) is 37.1 Å². The number of amides is 2. The third-order valence-corrected chi connectivity index (χ3v) is 5.94. The maximum absolute atomic E-state index is 13.6. The molecule has 0 aliphatic heterocycles. The number of nitrogens with zero attached hydrogens (tertiary/aromatic N) is 2. The van der Waals surface area contributed by atoms with Crippen LogP contribution in [0.4, 0.5) is 20.6 Å².